The molecule has 0 heterocycles. The lowest BCUT2D eigenvalue weighted by molar-refractivity contribution is -0.140. The van der Waals surface area contributed by atoms with E-state index in [9.17, 15) is 13.2 Å². The van der Waals surface area contributed by atoms with Crippen LogP contribution in [-0.4, -0.2) is 32.3 Å². The minimum Gasteiger partial charge on any atom is -0.468 e. The van der Waals surface area contributed by atoms with E-state index in [2.05, 4.69) is 4.74 Å². The molecule has 2 aromatic rings. The molecule has 0 aliphatic rings. The second-order valence-electron chi connectivity index (χ2n) is 5.77. The number of carbonyl (C=O) groups is 1. The summed E-state index contributed by atoms with van der Waals surface area (Å²) in [4.78, 5) is 11.9. The fourth-order valence-corrected chi connectivity index (χ4v) is 3.82. The summed E-state index contributed by atoms with van der Waals surface area (Å²) < 4.78 is 31.9. The molecular weight excluding hydrogens is 338 g/mol. The Balaban J connectivity index is 2.38. The number of hydrogen-bond donors (Lipinski definition) is 0. The number of carbonyl (C=O) groups excluding carboxylic acids is 1. The number of aryl methyl sites for hydroxylation is 2. The predicted molar refractivity (Wildman–Crippen MR) is 96.6 cm³/mol. The van der Waals surface area contributed by atoms with Gasteiger partial charge in [0, 0.05) is 6.54 Å². The summed E-state index contributed by atoms with van der Waals surface area (Å²) in [5, 5.41) is 0. The van der Waals surface area contributed by atoms with Crippen molar-refractivity contribution in [3.63, 3.8) is 0 Å². The Morgan fingerprint density at radius 1 is 1.08 bits per heavy atom. The number of rotatable bonds is 7. The molecule has 6 heteroatoms. The molecule has 2 aromatic carbocycles. The third kappa shape index (κ3) is 4.67. The van der Waals surface area contributed by atoms with Gasteiger partial charge in [-0.25, -0.2) is 8.42 Å². The highest BCUT2D eigenvalue weighted by Gasteiger charge is 2.27. The van der Waals surface area contributed by atoms with Gasteiger partial charge < -0.3 is 4.74 Å². The van der Waals surface area contributed by atoms with Gasteiger partial charge in [0.05, 0.1) is 12.0 Å². The number of methoxy groups -OCH3 is 1. The Morgan fingerprint density at radius 2 is 1.72 bits per heavy atom. The number of hydrogen-bond acceptors (Lipinski definition) is 4. The SMILES string of the molecule is CCc1ccc(S(=O)(=O)N(CC(=O)OC)Cc2ccccc2C)cc1. The molecule has 0 aliphatic heterocycles. The van der Waals surface area contributed by atoms with E-state index in [0.29, 0.717) is 0 Å². The Kier molecular flexibility index (Phi) is 6.33. The Morgan fingerprint density at radius 3 is 2.28 bits per heavy atom. The lowest BCUT2D eigenvalue weighted by Gasteiger charge is -2.22. The third-order valence-corrected chi connectivity index (χ3v) is 5.92. The summed E-state index contributed by atoms with van der Waals surface area (Å²) in [7, 11) is -2.57. The molecule has 0 fully saturated rings. The molecule has 0 amide bonds. The maximum absolute atomic E-state index is 13.0. The van der Waals surface area contributed by atoms with Gasteiger partial charge in [-0.1, -0.05) is 43.3 Å². The van der Waals surface area contributed by atoms with Crippen molar-refractivity contribution in [2.24, 2.45) is 0 Å². The highest BCUT2D eigenvalue weighted by Crippen LogP contribution is 2.20. The van der Waals surface area contributed by atoms with Gasteiger partial charge in [-0.15, -0.1) is 0 Å². The van der Waals surface area contributed by atoms with E-state index in [1.165, 1.54) is 7.11 Å². The molecular formula is C19H23NO4S. The summed E-state index contributed by atoms with van der Waals surface area (Å²) in [5.41, 5.74) is 2.87. The molecule has 0 radical (unpaired) electrons. The van der Waals surface area contributed by atoms with Crippen molar-refractivity contribution >= 4 is 16.0 Å². The molecule has 5 nitrogen and oxygen atoms in total. The molecule has 134 valence electrons. The van der Waals surface area contributed by atoms with Gasteiger partial charge in [0.15, 0.2) is 0 Å². The van der Waals surface area contributed by atoms with E-state index in [1.807, 2.05) is 38.1 Å². The van der Waals surface area contributed by atoms with Crippen LogP contribution in [0.5, 0.6) is 0 Å². The van der Waals surface area contributed by atoms with Crippen LogP contribution in [-0.2, 0) is 32.5 Å². The molecule has 0 unspecified atom stereocenters. The van der Waals surface area contributed by atoms with Crippen molar-refractivity contribution in [3.05, 3.63) is 65.2 Å². The first-order valence-electron chi connectivity index (χ1n) is 8.09. The molecule has 0 bridgehead atoms. The van der Waals surface area contributed by atoms with Crippen LogP contribution >= 0.6 is 0 Å². The van der Waals surface area contributed by atoms with Gasteiger partial charge >= 0.3 is 5.97 Å². The van der Waals surface area contributed by atoms with Crippen molar-refractivity contribution in [2.45, 2.75) is 31.7 Å². The number of benzene rings is 2. The molecule has 0 spiro atoms. The second-order valence-corrected chi connectivity index (χ2v) is 7.71. The predicted octanol–water partition coefficient (Wildman–Crippen LogP) is 2.92. The largest absolute Gasteiger partial charge is 0.468 e. The summed E-state index contributed by atoms with van der Waals surface area (Å²) in [6.07, 6.45) is 0.829. The van der Waals surface area contributed by atoms with Crippen LogP contribution in [0.1, 0.15) is 23.6 Å². The van der Waals surface area contributed by atoms with E-state index in [1.54, 1.807) is 24.3 Å². The maximum Gasteiger partial charge on any atom is 0.321 e. The minimum absolute atomic E-state index is 0.111. The molecule has 0 N–H and O–H groups in total. The lowest BCUT2D eigenvalue weighted by atomic mass is 10.1. The number of ether oxygens (including phenoxy) is 1. The highest BCUT2D eigenvalue weighted by atomic mass is 32.2. The minimum atomic E-state index is -3.81. The zero-order valence-electron chi connectivity index (χ0n) is 14.7. The molecule has 0 atom stereocenters. The summed E-state index contributed by atoms with van der Waals surface area (Å²) in [5.74, 6) is -0.595. The Bertz CT molecular complexity index is 829. The molecule has 0 saturated carbocycles. The van der Waals surface area contributed by atoms with Crippen molar-refractivity contribution in [1.29, 1.82) is 0 Å². The van der Waals surface area contributed by atoms with Gasteiger partial charge in [-0.05, 0) is 42.2 Å². The van der Waals surface area contributed by atoms with Crippen molar-refractivity contribution in [2.75, 3.05) is 13.7 Å². The summed E-state index contributed by atoms with van der Waals surface area (Å²) in [6, 6.07) is 14.2. The molecule has 2 rings (SSSR count). The standard InChI is InChI=1S/C19H23NO4S/c1-4-16-9-11-18(12-10-16)25(22,23)20(14-19(21)24-3)13-17-8-6-5-7-15(17)2/h5-12H,4,13-14H2,1-3H3. The van der Waals surface area contributed by atoms with Crippen LogP contribution in [0.2, 0.25) is 0 Å². The van der Waals surface area contributed by atoms with Crippen LogP contribution in [0.4, 0.5) is 0 Å². The first kappa shape index (κ1) is 19.1. The number of esters is 1. The van der Waals surface area contributed by atoms with Gasteiger partial charge in [0.1, 0.15) is 6.54 Å². The molecule has 25 heavy (non-hydrogen) atoms. The fourth-order valence-electron chi connectivity index (χ4n) is 2.46. The molecule has 0 aliphatic carbocycles. The van der Waals surface area contributed by atoms with Crippen molar-refractivity contribution < 1.29 is 17.9 Å². The monoisotopic (exact) mass is 361 g/mol. The first-order valence-corrected chi connectivity index (χ1v) is 9.53. The average molecular weight is 361 g/mol. The zero-order chi connectivity index (χ0) is 18.4. The number of sulfonamides is 1. The second kappa shape index (κ2) is 8.27. The van der Waals surface area contributed by atoms with Gasteiger partial charge in [-0.2, -0.15) is 4.31 Å². The Labute approximate surface area is 149 Å². The smallest absolute Gasteiger partial charge is 0.321 e. The van der Waals surface area contributed by atoms with Gasteiger partial charge in [0.2, 0.25) is 10.0 Å². The van der Waals surface area contributed by atoms with Gasteiger partial charge in [-0.3, -0.25) is 4.79 Å². The zero-order valence-corrected chi connectivity index (χ0v) is 15.5. The van der Waals surface area contributed by atoms with Crippen LogP contribution in [0.25, 0.3) is 0 Å². The quantitative estimate of drug-likeness (QED) is 0.712. The van der Waals surface area contributed by atoms with Crippen LogP contribution < -0.4 is 0 Å². The van der Waals surface area contributed by atoms with Crippen LogP contribution in [0.3, 0.4) is 0 Å². The van der Waals surface area contributed by atoms with E-state index >= 15 is 0 Å². The Hall–Kier alpha value is -2.18. The summed E-state index contributed by atoms with van der Waals surface area (Å²) >= 11 is 0. The van der Waals surface area contributed by atoms with E-state index in [-0.39, 0.29) is 18.0 Å². The first-order chi connectivity index (χ1) is 11.9. The van der Waals surface area contributed by atoms with Crippen molar-refractivity contribution in [1.82, 2.24) is 4.31 Å². The van der Waals surface area contributed by atoms with E-state index in [0.717, 1.165) is 27.4 Å². The number of nitrogens with zero attached hydrogens (tertiary/aromatic N) is 1. The normalized spacial score (nSPS) is 11.5. The highest BCUT2D eigenvalue weighted by molar-refractivity contribution is 7.89. The lowest BCUT2D eigenvalue weighted by Crippen LogP contribution is -2.36. The van der Waals surface area contributed by atoms with Crippen LogP contribution in [0, 0.1) is 6.92 Å². The molecule has 0 saturated heterocycles. The average Bonchev–Trinajstić information content (AvgIpc) is 2.62. The van der Waals surface area contributed by atoms with Crippen LogP contribution in [0.15, 0.2) is 53.4 Å². The van der Waals surface area contributed by atoms with Gasteiger partial charge in [0.25, 0.3) is 0 Å². The summed E-state index contributed by atoms with van der Waals surface area (Å²) in [6.45, 7) is 3.70. The third-order valence-electron chi connectivity index (χ3n) is 4.11. The maximum atomic E-state index is 13.0. The van der Waals surface area contributed by atoms with E-state index in [4.69, 9.17) is 0 Å². The fraction of sp³-hybridized carbons (Fsp3) is 0.316. The molecule has 0 aromatic heterocycles. The van der Waals surface area contributed by atoms with E-state index < -0.39 is 16.0 Å². The topological polar surface area (TPSA) is 63.7 Å². The van der Waals surface area contributed by atoms with Crippen molar-refractivity contribution in [3.8, 4) is 0 Å².